The van der Waals surface area contributed by atoms with E-state index < -0.39 is 8.07 Å². The van der Waals surface area contributed by atoms with Crippen LogP contribution in [-0.2, 0) is 19.2 Å². The van der Waals surface area contributed by atoms with E-state index >= 15 is 0 Å². The van der Waals surface area contributed by atoms with Crippen LogP contribution >= 0.6 is 24.8 Å². The molecule has 0 unspecified atom stereocenters. The van der Waals surface area contributed by atoms with E-state index in [0.717, 1.165) is 6.42 Å². The van der Waals surface area contributed by atoms with Gasteiger partial charge in [-0.2, -0.15) is 23.6 Å². The average molecular weight is 431 g/mol. The fourth-order valence-electron chi connectivity index (χ4n) is 1.99. The molecule has 0 bridgehead atoms. The van der Waals surface area contributed by atoms with Gasteiger partial charge >= 0.3 is 26.8 Å². The molecule has 0 aliphatic heterocycles. The molecule has 5 heteroatoms. The third kappa shape index (κ3) is 10.8. The van der Waals surface area contributed by atoms with Crippen molar-refractivity contribution in [2.75, 3.05) is 0 Å². The number of hydrogen-bond acceptors (Lipinski definition) is 0. The fourth-order valence-corrected chi connectivity index (χ4v) is 3.24. The predicted molar refractivity (Wildman–Crippen MR) is 116 cm³/mol. The van der Waals surface area contributed by atoms with Crippen LogP contribution in [0.2, 0.25) is 19.6 Å². The molecule has 0 amide bonds. The Hall–Kier alpha value is 0.0381. The van der Waals surface area contributed by atoms with Crippen molar-refractivity contribution in [3.8, 4) is 0 Å². The quantitative estimate of drug-likeness (QED) is 0.359. The molecule has 0 aromatic heterocycles. The van der Waals surface area contributed by atoms with E-state index in [4.69, 9.17) is 0 Å². The van der Waals surface area contributed by atoms with E-state index in [2.05, 4.69) is 88.0 Å². The molecule has 0 saturated carbocycles. The molecule has 0 spiro atoms. The fraction of sp³-hybridized carbons (Fsp3) is 0.211. The Morgan fingerprint density at radius 2 is 1.62 bits per heavy atom. The molecule has 0 fully saturated rings. The van der Waals surface area contributed by atoms with Gasteiger partial charge in [0.2, 0.25) is 0 Å². The Bertz CT molecular complexity index is 568. The van der Waals surface area contributed by atoms with Crippen LogP contribution in [0.5, 0.6) is 0 Å². The van der Waals surface area contributed by atoms with E-state index in [1.807, 2.05) is 0 Å². The summed E-state index contributed by atoms with van der Waals surface area (Å²) < 4.78 is 0. The van der Waals surface area contributed by atoms with Crippen molar-refractivity contribution >= 4 is 51.3 Å². The van der Waals surface area contributed by atoms with Gasteiger partial charge in [-0.15, -0.1) is 60.9 Å². The Morgan fingerprint density at radius 1 is 1.04 bits per heavy atom. The average Bonchev–Trinajstić information content (AvgIpc) is 3.12. The third-order valence-corrected chi connectivity index (χ3v) is 5.01. The maximum Gasteiger partial charge on any atom is -0.0809 e. The first-order valence-corrected chi connectivity index (χ1v) is 13.0. The number of hydrogen-bond donors (Lipinski definition) is 0. The van der Waals surface area contributed by atoms with Crippen molar-refractivity contribution < 1.29 is 19.2 Å². The summed E-state index contributed by atoms with van der Waals surface area (Å²) in [5, 5.41) is 4.15. The second-order valence-electron chi connectivity index (χ2n) is 5.60. The van der Waals surface area contributed by atoms with Crippen LogP contribution in [-0.4, -0.2) is 15.7 Å². The zero-order chi connectivity index (χ0) is 15.0. The molecule has 134 valence electrons. The van der Waals surface area contributed by atoms with Gasteiger partial charge < -0.3 is 14.9 Å². The van der Waals surface area contributed by atoms with Crippen LogP contribution in [0.15, 0.2) is 59.8 Å². The first-order chi connectivity index (χ1) is 9.57. The molecule has 24 heavy (non-hydrogen) atoms. The van der Waals surface area contributed by atoms with Crippen molar-refractivity contribution in [3.63, 3.8) is 0 Å². The van der Waals surface area contributed by atoms with Gasteiger partial charge in [-0.3, -0.25) is 6.08 Å². The Labute approximate surface area is 176 Å². The SMILES string of the molecule is C[Si](C)(C)C1=[C-]CC=C1.Cl.Cl.[CH3-].[CH3-].[Si]=[Ti].c1ccc2[cH-]ccc2c1. The zero-order valence-corrected chi connectivity index (χ0v) is 20.4. The second kappa shape index (κ2) is 16.5. The number of benzene rings is 1. The molecular weight excluding hydrogens is 403 g/mol. The standard InChI is InChI=1S/C9H7.C8H13Si.2CH3.2ClH.Si.Ti/c1-2-5-9-7-3-6-8(9)4-1;1-9(2,3)8-6-4-5-7-8;;;;;;/h1-7H;4,6H,5H2,1-3H3;2*1H3;2*1H;;/q4*-1;;;;. The Balaban J connectivity index is -0.000000131. The molecule has 1 aliphatic rings. The van der Waals surface area contributed by atoms with Gasteiger partial charge in [0.05, 0.1) is 0 Å². The molecule has 0 saturated heterocycles. The van der Waals surface area contributed by atoms with E-state index in [9.17, 15) is 0 Å². The summed E-state index contributed by atoms with van der Waals surface area (Å²) in [7, 11) is 1.97. The molecule has 0 atom stereocenters. The maximum atomic E-state index is 3.36. The van der Waals surface area contributed by atoms with Crippen LogP contribution in [0.1, 0.15) is 6.42 Å². The molecule has 2 aromatic rings. The monoisotopic (exact) mass is 430 g/mol. The molecule has 2 aromatic carbocycles. The minimum Gasteiger partial charge on any atom is -0.168 e. The van der Waals surface area contributed by atoms with Gasteiger partial charge in [0, 0.05) is 8.07 Å². The van der Waals surface area contributed by atoms with Gasteiger partial charge in [0.15, 0.2) is 0 Å². The van der Waals surface area contributed by atoms with Gasteiger partial charge in [0.1, 0.15) is 0 Å². The van der Waals surface area contributed by atoms with Crippen molar-refractivity contribution in [2.45, 2.75) is 26.1 Å². The second-order valence-corrected chi connectivity index (χ2v) is 10.6. The number of rotatable bonds is 1. The zero-order valence-electron chi connectivity index (χ0n) is 15.2. The minimum atomic E-state index is -1.01. The summed E-state index contributed by atoms with van der Waals surface area (Å²) in [6, 6.07) is 14.7. The van der Waals surface area contributed by atoms with E-state index in [0.29, 0.717) is 0 Å². The number of halogens is 2. The smallest absolute Gasteiger partial charge is 0.0809 e. The summed E-state index contributed by atoms with van der Waals surface area (Å²) in [6.45, 7) is 7.06. The third-order valence-electron chi connectivity index (χ3n) is 3.05. The molecular formula is C19H28Cl2Si2Ti-4. The molecule has 2 radical (unpaired) electrons. The molecule has 0 N–H and O–H groups in total. The van der Waals surface area contributed by atoms with E-state index in [1.165, 1.54) is 16.0 Å². The number of allylic oxidation sites excluding steroid dienone is 4. The van der Waals surface area contributed by atoms with Gasteiger partial charge in [-0.1, -0.05) is 25.7 Å². The number of fused-ring (bicyclic) bond motifs is 1. The first-order valence-electron chi connectivity index (χ1n) is 6.71. The molecule has 1 aliphatic carbocycles. The molecule has 0 nitrogen and oxygen atoms in total. The topological polar surface area (TPSA) is 0 Å². The summed E-state index contributed by atoms with van der Waals surface area (Å²) in [4.78, 5) is 0. The predicted octanol–water partition coefficient (Wildman–Crippen LogP) is 6.47. The Morgan fingerprint density at radius 3 is 2.04 bits per heavy atom. The maximum absolute atomic E-state index is 3.36. The van der Waals surface area contributed by atoms with Crippen LogP contribution < -0.4 is 0 Å². The van der Waals surface area contributed by atoms with Gasteiger partial charge in [-0.05, 0) is 0 Å². The van der Waals surface area contributed by atoms with Crippen LogP contribution in [0.25, 0.3) is 10.8 Å². The largest absolute Gasteiger partial charge is 0.168 e. The normalized spacial score (nSPS) is 10.8. The van der Waals surface area contributed by atoms with Gasteiger partial charge in [-0.25, -0.2) is 11.3 Å². The van der Waals surface area contributed by atoms with Crippen LogP contribution in [0.3, 0.4) is 0 Å². The van der Waals surface area contributed by atoms with Gasteiger partial charge in [0.25, 0.3) is 0 Å². The van der Waals surface area contributed by atoms with Crippen molar-refractivity contribution in [1.82, 2.24) is 0 Å². The van der Waals surface area contributed by atoms with E-state index in [-0.39, 0.29) is 39.7 Å². The summed E-state index contributed by atoms with van der Waals surface area (Å²) in [5.74, 6) is 0. The summed E-state index contributed by atoms with van der Waals surface area (Å²) >= 11 is 1.81. The Kier molecular flexibility index (Phi) is 21.8. The summed E-state index contributed by atoms with van der Waals surface area (Å²) in [5.41, 5.74) is 0. The summed E-state index contributed by atoms with van der Waals surface area (Å²) in [6.07, 6.45) is 8.82. The van der Waals surface area contributed by atoms with Crippen LogP contribution in [0.4, 0.5) is 0 Å². The van der Waals surface area contributed by atoms with E-state index in [1.54, 1.807) is 19.2 Å². The first kappa shape index (κ1) is 31.8. The van der Waals surface area contributed by atoms with Crippen LogP contribution in [0, 0.1) is 20.9 Å². The van der Waals surface area contributed by atoms with Crippen molar-refractivity contribution in [2.24, 2.45) is 0 Å². The van der Waals surface area contributed by atoms with Crippen molar-refractivity contribution in [3.05, 3.63) is 80.7 Å². The minimum absolute atomic E-state index is 0. The van der Waals surface area contributed by atoms with Crippen molar-refractivity contribution in [1.29, 1.82) is 0 Å². The molecule has 0 heterocycles. The molecule has 3 rings (SSSR count).